The van der Waals surface area contributed by atoms with E-state index in [2.05, 4.69) is 4.57 Å². The zero-order valence-corrected chi connectivity index (χ0v) is 20.6. The molecule has 5 nitrogen and oxygen atoms in total. The van der Waals surface area contributed by atoms with E-state index in [1.165, 1.54) is 4.90 Å². The lowest BCUT2D eigenvalue weighted by Crippen LogP contribution is -2.40. The molecular formula is C27H32F2N2O3. The molecule has 0 fully saturated rings. The van der Waals surface area contributed by atoms with Gasteiger partial charge < -0.3 is 19.3 Å². The van der Waals surface area contributed by atoms with Crippen LogP contribution in [0.1, 0.15) is 49.3 Å². The normalized spacial score (nSPS) is 15.6. The van der Waals surface area contributed by atoms with Crippen LogP contribution in [0.5, 0.6) is 0 Å². The monoisotopic (exact) mass is 470 g/mol. The highest BCUT2D eigenvalue weighted by Crippen LogP contribution is 2.48. The van der Waals surface area contributed by atoms with Gasteiger partial charge in [0.1, 0.15) is 6.67 Å². The molecule has 182 valence electrons. The fourth-order valence-corrected chi connectivity index (χ4v) is 5.03. The summed E-state index contributed by atoms with van der Waals surface area (Å²) in [6.45, 7) is 10.9. The predicted octanol–water partition coefficient (Wildman–Crippen LogP) is 6.26. The number of aliphatic carboxylic acids is 1. The largest absolute Gasteiger partial charge is 0.479 e. The number of alkyl halides is 2. The van der Waals surface area contributed by atoms with Crippen LogP contribution >= 0.6 is 0 Å². The minimum atomic E-state index is -1.81. The van der Waals surface area contributed by atoms with E-state index in [-0.39, 0.29) is 0 Å². The van der Waals surface area contributed by atoms with Crippen molar-refractivity contribution in [3.8, 4) is 11.1 Å². The van der Waals surface area contributed by atoms with Crippen molar-refractivity contribution in [3.63, 3.8) is 0 Å². The number of aryl methyl sites for hydroxylation is 2. The van der Waals surface area contributed by atoms with Crippen molar-refractivity contribution in [3.05, 3.63) is 52.7 Å². The molecule has 0 saturated heterocycles. The molecule has 0 saturated carbocycles. The average Bonchev–Trinajstić information content (AvgIpc) is 3.10. The van der Waals surface area contributed by atoms with E-state index < -0.39 is 30.6 Å². The summed E-state index contributed by atoms with van der Waals surface area (Å²) in [5, 5.41) is 11.1. The molecule has 2 heterocycles. The first kappa shape index (κ1) is 24.2. The third kappa shape index (κ3) is 4.06. The van der Waals surface area contributed by atoms with Crippen LogP contribution in [-0.4, -0.2) is 40.8 Å². The Labute approximate surface area is 198 Å². The molecule has 1 N–H and O–H groups in total. The molecule has 0 radical (unpaired) electrons. The molecule has 7 heteroatoms. The fraction of sp³-hybridized carbons (Fsp3) is 0.444. The van der Waals surface area contributed by atoms with Crippen molar-refractivity contribution in [1.82, 2.24) is 4.57 Å². The second-order valence-corrected chi connectivity index (χ2v) is 10.1. The number of carboxylic acid groups (broad SMARTS) is 1. The molecule has 1 aromatic heterocycles. The molecule has 0 bridgehead atoms. The number of rotatable bonds is 6. The number of anilines is 1. The van der Waals surface area contributed by atoms with E-state index in [4.69, 9.17) is 4.74 Å². The van der Waals surface area contributed by atoms with Gasteiger partial charge in [-0.1, -0.05) is 29.8 Å². The number of nitrogens with zero attached hydrogens (tertiary/aromatic N) is 2. The Balaban J connectivity index is 2.16. The number of aromatic nitrogens is 1. The SMILES string of the molecule is Cc1ccc(-c2c([C@H](OC(C)(C)C)C(=O)O)c(C)c3c4c2cc(C)n4CCN3C(F)CF)cc1. The highest BCUT2D eigenvalue weighted by Gasteiger charge is 2.37. The lowest BCUT2D eigenvalue weighted by atomic mass is 9.87. The van der Waals surface area contributed by atoms with E-state index in [0.717, 1.165) is 33.3 Å². The fourth-order valence-electron chi connectivity index (χ4n) is 5.03. The Morgan fingerprint density at radius 2 is 1.79 bits per heavy atom. The summed E-state index contributed by atoms with van der Waals surface area (Å²) < 4.78 is 36.6. The third-order valence-corrected chi connectivity index (χ3v) is 6.44. The quantitative estimate of drug-likeness (QED) is 0.432. The third-order valence-electron chi connectivity index (χ3n) is 6.44. The van der Waals surface area contributed by atoms with E-state index in [1.54, 1.807) is 27.7 Å². The molecule has 0 spiro atoms. The second kappa shape index (κ2) is 8.69. The number of carbonyl (C=O) groups is 1. The molecule has 4 rings (SSSR count). The van der Waals surface area contributed by atoms with Gasteiger partial charge >= 0.3 is 5.97 Å². The van der Waals surface area contributed by atoms with E-state index in [9.17, 15) is 18.7 Å². The van der Waals surface area contributed by atoms with Gasteiger partial charge in [-0.2, -0.15) is 0 Å². The zero-order valence-electron chi connectivity index (χ0n) is 20.6. The van der Waals surface area contributed by atoms with Crippen molar-refractivity contribution < 1.29 is 23.4 Å². The molecular weight excluding hydrogens is 438 g/mol. The minimum Gasteiger partial charge on any atom is -0.479 e. The van der Waals surface area contributed by atoms with Crippen LogP contribution in [0.4, 0.5) is 14.5 Å². The molecule has 0 aliphatic carbocycles. The smallest absolute Gasteiger partial charge is 0.337 e. The first-order chi connectivity index (χ1) is 15.9. The first-order valence-corrected chi connectivity index (χ1v) is 11.5. The zero-order chi connectivity index (χ0) is 24.9. The van der Waals surface area contributed by atoms with Crippen LogP contribution in [0.15, 0.2) is 30.3 Å². The molecule has 2 atom stereocenters. The van der Waals surface area contributed by atoms with E-state index in [1.807, 2.05) is 44.2 Å². The Morgan fingerprint density at radius 1 is 1.15 bits per heavy atom. The van der Waals surface area contributed by atoms with Crippen molar-refractivity contribution in [2.45, 2.75) is 66.1 Å². The van der Waals surface area contributed by atoms with Crippen molar-refractivity contribution in [2.75, 3.05) is 18.1 Å². The number of ether oxygens (including phenoxy) is 1. The highest BCUT2D eigenvalue weighted by molar-refractivity contribution is 6.07. The van der Waals surface area contributed by atoms with Crippen LogP contribution < -0.4 is 4.90 Å². The highest BCUT2D eigenvalue weighted by atomic mass is 19.2. The molecule has 1 aliphatic heterocycles. The van der Waals surface area contributed by atoms with Crippen molar-refractivity contribution >= 4 is 22.6 Å². The van der Waals surface area contributed by atoms with Crippen LogP contribution in [0.25, 0.3) is 22.0 Å². The Hall–Kier alpha value is -2.93. The van der Waals surface area contributed by atoms with Crippen LogP contribution in [-0.2, 0) is 16.1 Å². The summed E-state index contributed by atoms with van der Waals surface area (Å²) >= 11 is 0. The van der Waals surface area contributed by atoms with Crippen molar-refractivity contribution in [2.24, 2.45) is 0 Å². The Kier molecular flexibility index (Phi) is 6.19. The maximum atomic E-state index is 14.9. The molecule has 3 aromatic rings. The number of halogens is 2. The lowest BCUT2D eigenvalue weighted by molar-refractivity contribution is -0.160. The summed E-state index contributed by atoms with van der Waals surface area (Å²) in [7, 11) is 0. The summed E-state index contributed by atoms with van der Waals surface area (Å²) in [6, 6.07) is 9.92. The maximum absolute atomic E-state index is 14.9. The number of carboxylic acids is 1. The Bertz CT molecular complexity index is 1240. The predicted molar refractivity (Wildman–Crippen MR) is 131 cm³/mol. The number of hydrogen-bond acceptors (Lipinski definition) is 3. The van der Waals surface area contributed by atoms with Crippen LogP contribution in [0, 0.1) is 20.8 Å². The summed E-state index contributed by atoms with van der Waals surface area (Å²) in [6.07, 6.45) is -3.09. The van der Waals surface area contributed by atoms with Gasteiger partial charge in [-0.25, -0.2) is 13.6 Å². The van der Waals surface area contributed by atoms with Gasteiger partial charge in [0, 0.05) is 29.7 Å². The maximum Gasteiger partial charge on any atom is 0.337 e. The van der Waals surface area contributed by atoms with Gasteiger partial charge in [0.05, 0.1) is 16.8 Å². The van der Waals surface area contributed by atoms with Gasteiger partial charge in [-0.05, 0) is 64.3 Å². The van der Waals surface area contributed by atoms with Crippen LogP contribution in [0.2, 0.25) is 0 Å². The molecule has 2 aromatic carbocycles. The van der Waals surface area contributed by atoms with E-state index in [0.29, 0.717) is 29.9 Å². The second-order valence-electron chi connectivity index (χ2n) is 10.1. The topological polar surface area (TPSA) is 54.7 Å². The summed E-state index contributed by atoms with van der Waals surface area (Å²) in [5.74, 6) is -1.13. The minimum absolute atomic E-state index is 0.296. The molecule has 0 amide bonds. The van der Waals surface area contributed by atoms with Gasteiger partial charge in [-0.15, -0.1) is 0 Å². The average molecular weight is 471 g/mol. The number of hydrogen-bond donors (Lipinski definition) is 1. The number of benzene rings is 2. The standard InChI is InChI=1S/C27H32F2N2O3/c1-15-7-9-18(10-8-15)22-19-13-16(2)30-11-12-31(20(29)14-28)23(24(19)30)17(3)21(22)25(26(32)33)34-27(4,5)6/h7-10,13,20,25H,11-12,14H2,1-6H3,(H,32,33)/t20?,25-/m0/s1. The van der Waals surface area contributed by atoms with Gasteiger partial charge in [0.15, 0.2) is 6.10 Å². The van der Waals surface area contributed by atoms with Gasteiger partial charge in [0.2, 0.25) is 6.30 Å². The van der Waals surface area contributed by atoms with Crippen molar-refractivity contribution in [1.29, 1.82) is 0 Å². The lowest BCUT2D eigenvalue weighted by Gasteiger charge is -2.36. The van der Waals surface area contributed by atoms with Gasteiger partial charge in [-0.3, -0.25) is 0 Å². The summed E-state index contributed by atoms with van der Waals surface area (Å²) in [4.78, 5) is 14.0. The molecule has 34 heavy (non-hydrogen) atoms. The van der Waals surface area contributed by atoms with Gasteiger partial charge in [0.25, 0.3) is 0 Å². The summed E-state index contributed by atoms with van der Waals surface area (Å²) in [5.41, 5.74) is 5.35. The molecule has 1 aliphatic rings. The molecule has 1 unspecified atom stereocenters. The Morgan fingerprint density at radius 3 is 2.35 bits per heavy atom. The van der Waals surface area contributed by atoms with Crippen LogP contribution in [0.3, 0.4) is 0 Å². The first-order valence-electron chi connectivity index (χ1n) is 11.5. The van der Waals surface area contributed by atoms with E-state index >= 15 is 0 Å².